The van der Waals surface area contributed by atoms with E-state index >= 15 is 0 Å². The highest BCUT2D eigenvalue weighted by Gasteiger charge is 2.28. The summed E-state index contributed by atoms with van der Waals surface area (Å²) in [5, 5.41) is 19.2. The first kappa shape index (κ1) is 55.6. The summed E-state index contributed by atoms with van der Waals surface area (Å²) in [6.45, 7) is 2.51. The number of hydrogen-bond donors (Lipinski definition) is 4. The minimum absolute atomic E-state index is 0.0769. The number of aliphatic hydroxyl groups is 1. The molecule has 0 aromatic carbocycles. The maximum absolute atomic E-state index is 12.6. The Morgan fingerprint density at radius 2 is 1.10 bits per heavy atom. The van der Waals surface area contributed by atoms with Crippen LogP contribution >= 0.6 is 7.82 Å². The molecule has 0 fully saturated rings. The number of hydrogen-bond acceptors (Lipinski definition) is 10. The molecular formula is C46H76NO11P. The number of phosphoric ester groups is 1. The highest BCUT2D eigenvalue weighted by atomic mass is 31.2. The number of ether oxygens (including phenoxy) is 2. The van der Waals surface area contributed by atoms with Crippen molar-refractivity contribution in [3.63, 3.8) is 0 Å². The molecule has 0 saturated carbocycles. The van der Waals surface area contributed by atoms with Crippen molar-refractivity contribution in [1.29, 1.82) is 0 Å². The number of esters is 2. The number of nitrogens with two attached hydrogens (primary N) is 1. The summed E-state index contributed by atoms with van der Waals surface area (Å²) in [5.41, 5.74) is 5.32. The Kier molecular flexibility index (Phi) is 37.8. The topological polar surface area (TPSA) is 192 Å². The van der Waals surface area contributed by atoms with Crippen molar-refractivity contribution < 1.29 is 52.6 Å². The van der Waals surface area contributed by atoms with Crippen LogP contribution in [0.15, 0.2) is 85.1 Å². The molecular weight excluding hydrogens is 773 g/mol. The van der Waals surface area contributed by atoms with E-state index in [1.165, 1.54) is 38.5 Å². The first-order chi connectivity index (χ1) is 28.5. The van der Waals surface area contributed by atoms with E-state index in [-0.39, 0.29) is 25.7 Å². The number of unbranched alkanes of at least 4 members (excludes halogenated alkanes) is 10. The maximum atomic E-state index is 12.6. The van der Waals surface area contributed by atoms with Gasteiger partial charge in [-0.05, 0) is 83.5 Å². The normalized spacial score (nSPS) is 15.1. The highest BCUT2D eigenvalue weighted by Crippen LogP contribution is 2.43. The van der Waals surface area contributed by atoms with E-state index in [2.05, 4.69) is 79.1 Å². The third kappa shape index (κ3) is 39.8. The Labute approximate surface area is 355 Å². The van der Waals surface area contributed by atoms with Crippen molar-refractivity contribution in [3.05, 3.63) is 85.1 Å². The number of carbonyl (C=O) groups is 3. The molecule has 0 aliphatic heterocycles. The predicted molar refractivity (Wildman–Crippen MR) is 236 cm³/mol. The Morgan fingerprint density at radius 1 is 0.610 bits per heavy atom. The van der Waals surface area contributed by atoms with Crippen LogP contribution in [-0.4, -0.2) is 71.1 Å². The quantitative estimate of drug-likeness (QED) is 0.0151. The van der Waals surface area contributed by atoms with Crippen LogP contribution in [0.2, 0.25) is 0 Å². The van der Waals surface area contributed by atoms with Crippen molar-refractivity contribution in [2.75, 3.05) is 19.8 Å². The van der Waals surface area contributed by atoms with E-state index in [0.717, 1.165) is 64.2 Å². The molecule has 5 N–H and O–H groups in total. The van der Waals surface area contributed by atoms with Gasteiger partial charge in [-0.3, -0.25) is 23.4 Å². The van der Waals surface area contributed by atoms with E-state index in [1.807, 2.05) is 12.2 Å². The Hall–Kier alpha value is -3.38. The van der Waals surface area contributed by atoms with Gasteiger partial charge in [-0.1, -0.05) is 137 Å². The Morgan fingerprint density at radius 3 is 1.66 bits per heavy atom. The van der Waals surface area contributed by atoms with E-state index in [0.29, 0.717) is 6.42 Å². The number of carbonyl (C=O) groups excluding carboxylic acids is 2. The summed E-state index contributed by atoms with van der Waals surface area (Å²) in [4.78, 5) is 46.0. The number of aliphatic carboxylic acids is 1. The van der Waals surface area contributed by atoms with Crippen LogP contribution in [0.4, 0.5) is 0 Å². The minimum Gasteiger partial charge on any atom is -0.480 e. The monoisotopic (exact) mass is 850 g/mol. The zero-order chi connectivity index (χ0) is 43.7. The predicted octanol–water partition coefficient (Wildman–Crippen LogP) is 10.5. The van der Waals surface area contributed by atoms with Crippen LogP contribution < -0.4 is 5.73 Å². The lowest BCUT2D eigenvalue weighted by Crippen LogP contribution is -2.34. The van der Waals surface area contributed by atoms with E-state index in [4.69, 9.17) is 24.8 Å². The Bertz CT molecular complexity index is 1340. The summed E-state index contributed by atoms with van der Waals surface area (Å²) >= 11 is 0. The van der Waals surface area contributed by atoms with Gasteiger partial charge in [0.15, 0.2) is 6.10 Å². The van der Waals surface area contributed by atoms with Gasteiger partial charge in [0, 0.05) is 12.8 Å². The zero-order valence-electron chi connectivity index (χ0n) is 35.9. The molecule has 59 heavy (non-hydrogen) atoms. The SMILES string of the molecule is CCCCC/C=C\C/C=C\C/C=C\C=C\[C@H](O)CCCC(=O)O[C@H](COC(=O)CCCCCC/C=C\C/C=C\C/C=C\CCCCC)COP(=O)(O)OC[C@H](N)C(=O)O. The molecule has 0 aliphatic carbocycles. The van der Waals surface area contributed by atoms with Gasteiger partial charge in [0.25, 0.3) is 0 Å². The standard InChI is InChI=1S/C46H76NO11P/c1-3-5-7-9-11-13-15-17-18-19-20-22-24-26-28-30-32-36-44(49)55-38-42(39-56-59(53,54)57-40-43(47)46(51)52)58-45(50)37-33-35-41(48)34-31-29-27-25-23-21-16-14-12-10-8-6-4-2/h11-14,17-18,20-23,27,29,31,34,41-43,48H,3-10,15-16,19,24-26,28,30,32-33,35-40,47H2,1-2H3,(H,51,52)(H,53,54)/b13-11-,14-12-,18-17-,22-20-,23-21-,29-27-,34-31+/t41-,42+,43-/m0/s1. The second-order valence-corrected chi connectivity index (χ2v) is 15.8. The Balaban J connectivity index is 4.63. The highest BCUT2D eigenvalue weighted by molar-refractivity contribution is 7.47. The van der Waals surface area contributed by atoms with E-state index in [1.54, 1.807) is 12.2 Å². The fraction of sp³-hybridized carbons (Fsp3) is 0.630. The average molecular weight is 850 g/mol. The first-order valence-electron chi connectivity index (χ1n) is 21.7. The summed E-state index contributed by atoms with van der Waals surface area (Å²) in [7, 11) is -4.78. The molecule has 0 radical (unpaired) electrons. The molecule has 0 aromatic rings. The summed E-state index contributed by atoms with van der Waals surface area (Å²) in [6.07, 6.45) is 45.3. The van der Waals surface area contributed by atoms with Gasteiger partial charge in [-0.2, -0.15) is 0 Å². The molecule has 0 saturated heterocycles. The molecule has 12 nitrogen and oxygen atoms in total. The number of rotatable bonds is 39. The van der Waals surface area contributed by atoms with E-state index < -0.39 is 63.8 Å². The molecule has 0 bridgehead atoms. The van der Waals surface area contributed by atoms with Crippen LogP contribution in [0.25, 0.3) is 0 Å². The molecule has 1 unspecified atom stereocenters. The lowest BCUT2D eigenvalue weighted by atomic mass is 10.1. The van der Waals surface area contributed by atoms with Gasteiger partial charge in [0.05, 0.1) is 19.3 Å². The van der Waals surface area contributed by atoms with Crippen LogP contribution in [-0.2, 0) is 37.5 Å². The van der Waals surface area contributed by atoms with Crippen molar-refractivity contribution in [1.82, 2.24) is 0 Å². The summed E-state index contributed by atoms with van der Waals surface area (Å²) in [5.74, 6) is -2.65. The molecule has 13 heteroatoms. The van der Waals surface area contributed by atoms with Gasteiger partial charge in [-0.15, -0.1) is 0 Å². The van der Waals surface area contributed by atoms with Gasteiger partial charge < -0.3 is 30.3 Å². The number of aliphatic hydroxyl groups excluding tert-OH is 1. The maximum Gasteiger partial charge on any atom is 0.472 e. The van der Waals surface area contributed by atoms with Crippen LogP contribution in [0.5, 0.6) is 0 Å². The molecule has 4 atom stereocenters. The summed E-state index contributed by atoms with van der Waals surface area (Å²) in [6, 6.07) is -1.56. The van der Waals surface area contributed by atoms with Crippen LogP contribution in [0.1, 0.15) is 149 Å². The fourth-order valence-corrected chi connectivity index (χ4v) is 6.01. The minimum atomic E-state index is -4.78. The lowest BCUT2D eigenvalue weighted by molar-refractivity contribution is -0.161. The van der Waals surface area contributed by atoms with Gasteiger partial charge in [0.2, 0.25) is 0 Å². The third-order valence-electron chi connectivity index (χ3n) is 8.72. The number of carboxylic acids is 1. The third-order valence-corrected chi connectivity index (χ3v) is 9.67. The number of phosphoric acid groups is 1. The number of carboxylic acid groups (broad SMARTS) is 1. The van der Waals surface area contributed by atoms with Crippen LogP contribution in [0.3, 0.4) is 0 Å². The average Bonchev–Trinajstić information content (AvgIpc) is 3.20. The van der Waals surface area contributed by atoms with Gasteiger partial charge in [-0.25, -0.2) is 4.57 Å². The second-order valence-electron chi connectivity index (χ2n) is 14.3. The molecule has 0 rings (SSSR count). The van der Waals surface area contributed by atoms with Crippen molar-refractivity contribution >= 4 is 25.7 Å². The molecule has 336 valence electrons. The second kappa shape index (κ2) is 40.0. The largest absolute Gasteiger partial charge is 0.480 e. The smallest absolute Gasteiger partial charge is 0.472 e. The van der Waals surface area contributed by atoms with Gasteiger partial charge in [0.1, 0.15) is 12.6 Å². The summed E-state index contributed by atoms with van der Waals surface area (Å²) < 4.78 is 32.5. The molecule has 0 aromatic heterocycles. The molecule has 0 amide bonds. The lowest BCUT2D eigenvalue weighted by Gasteiger charge is -2.20. The molecule has 0 aliphatic rings. The molecule has 0 spiro atoms. The zero-order valence-corrected chi connectivity index (χ0v) is 36.8. The van der Waals surface area contributed by atoms with Crippen LogP contribution in [0, 0.1) is 0 Å². The first-order valence-corrected chi connectivity index (χ1v) is 23.2. The van der Waals surface area contributed by atoms with Crippen molar-refractivity contribution in [2.24, 2.45) is 5.73 Å². The van der Waals surface area contributed by atoms with E-state index in [9.17, 15) is 28.9 Å². The molecule has 0 heterocycles. The van der Waals surface area contributed by atoms with Crippen molar-refractivity contribution in [2.45, 2.75) is 167 Å². The van der Waals surface area contributed by atoms with Crippen molar-refractivity contribution in [3.8, 4) is 0 Å². The van der Waals surface area contributed by atoms with Gasteiger partial charge >= 0.3 is 25.7 Å². The fourth-order valence-electron chi connectivity index (χ4n) is 5.23. The number of allylic oxidation sites excluding steroid dienone is 13.